The molecule has 2 rings (SSSR count). The standard InChI is InChI=1S/C14H23N3O/c1-12-8-13(10-16-9-12)11-17-5-2-14(3-6-17)18-7-4-15/h8-10,14H,2-7,11,15H2,1H3. The molecule has 0 atom stereocenters. The molecule has 0 aliphatic carbocycles. The van der Waals surface area contributed by atoms with Crippen molar-refractivity contribution in [2.45, 2.75) is 32.4 Å². The Balaban J connectivity index is 1.76. The molecule has 0 radical (unpaired) electrons. The second kappa shape index (κ2) is 6.83. The smallest absolute Gasteiger partial charge is 0.0600 e. The third kappa shape index (κ3) is 4.05. The number of hydrogen-bond donors (Lipinski definition) is 1. The first-order chi connectivity index (χ1) is 8.78. The van der Waals surface area contributed by atoms with E-state index in [-0.39, 0.29) is 0 Å². The summed E-state index contributed by atoms with van der Waals surface area (Å²) < 4.78 is 5.69. The van der Waals surface area contributed by atoms with Gasteiger partial charge in [0.1, 0.15) is 0 Å². The lowest BCUT2D eigenvalue weighted by atomic mass is 10.1. The summed E-state index contributed by atoms with van der Waals surface area (Å²) in [5.74, 6) is 0. The van der Waals surface area contributed by atoms with E-state index in [0.29, 0.717) is 19.3 Å². The van der Waals surface area contributed by atoms with Crippen molar-refractivity contribution in [1.29, 1.82) is 0 Å². The van der Waals surface area contributed by atoms with Crippen LogP contribution in [-0.2, 0) is 11.3 Å². The first-order valence-electron chi connectivity index (χ1n) is 6.72. The number of nitrogens with two attached hydrogens (primary N) is 1. The molecule has 1 aliphatic heterocycles. The Hall–Kier alpha value is -0.970. The molecular formula is C14H23N3O. The van der Waals surface area contributed by atoms with Crippen LogP contribution < -0.4 is 5.73 Å². The van der Waals surface area contributed by atoms with Gasteiger partial charge < -0.3 is 10.5 Å². The van der Waals surface area contributed by atoms with Gasteiger partial charge in [0.15, 0.2) is 0 Å². The highest BCUT2D eigenvalue weighted by atomic mass is 16.5. The number of nitrogens with zero attached hydrogens (tertiary/aromatic N) is 2. The van der Waals surface area contributed by atoms with Crippen molar-refractivity contribution in [3.8, 4) is 0 Å². The summed E-state index contributed by atoms with van der Waals surface area (Å²) in [7, 11) is 0. The van der Waals surface area contributed by atoms with Crippen LogP contribution in [0.1, 0.15) is 24.0 Å². The summed E-state index contributed by atoms with van der Waals surface area (Å²) in [5, 5.41) is 0. The van der Waals surface area contributed by atoms with Crippen LogP contribution in [0.3, 0.4) is 0 Å². The van der Waals surface area contributed by atoms with Crippen LogP contribution in [0.4, 0.5) is 0 Å². The number of hydrogen-bond acceptors (Lipinski definition) is 4. The maximum Gasteiger partial charge on any atom is 0.0600 e. The summed E-state index contributed by atoms with van der Waals surface area (Å²) in [5.41, 5.74) is 7.98. The Bertz CT molecular complexity index is 362. The highest BCUT2D eigenvalue weighted by Gasteiger charge is 2.19. The van der Waals surface area contributed by atoms with Crippen molar-refractivity contribution >= 4 is 0 Å². The Morgan fingerprint density at radius 3 is 2.83 bits per heavy atom. The van der Waals surface area contributed by atoms with Crippen LogP contribution in [0, 0.1) is 6.92 Å². The molecular weight excluding hydrogens is 226 g/mol. The molecule has 1 aliphatic rings. The summed E-state index contributed by atoms with van der Waals surface area (Å²) >= 11 is 0. The number of piperidine rings is 1. The van der Waals surface area contributed by atoms with Gasteiger partial charge in [0.05, 0.1) is 12.7 Å². The lowest BCUT2D eigenvalue weighted by Gasteiger charge is -2.31. The summed E-state index contributed by atoms with van der Waals surface area (Å²) in [6, 6.07) is 2.21. The van der Waals surface area contributed by atoms with E-state index in [1.165, 1.54) is 11.1 Å². The van der Waals surface area contributed by atoms with Gasteiger partial charge in [-0.2, -0.15) is 0 Å². The second-order valence-electron chi connectivity index (χ2n) is 5.01. The zero-order valence-electron chi connectivity index (χ0n) is 11.1. The first-order valence-corrected chi connectivity index (χ1v) is 6.72. The Morgan fingerprint density at radius 1 is 1.39 bits per heavy atom. The van der Waals surface area contributed by atoms with E-state index in [1.54, 1.807) is 0 Å². The molecule has 2 heterocycles. The topological polar surface area (TPSA) is 51.4 Å². The molecule has 0 aromatic carbocycles. The van der Waals surface area contributed by atoms with E-state index in [0.717, 1.165) is 32.5 Å². The van der Waals surface area contributed by atoms with Crippen LogP contribution in [0.15, 0.2) is 18.5 Å². The fourth-order valence-electron chi connectivity index (χ4n) is 2.43. The summed E-state index contributed by atoms with van der Waals surface area (Å²) in [6.07, 6.45) is 6.49. The minimum absolute atomic E-state index is 0.403. The SMILES string of the molecule is Cc1cncc(CN2CCC(OCCN)CC2)c1. The number of aromatic nitrogens is 1. The molecule has 2 N–H and O–H groups in total. The zero-order valence-corrected chi connectivity index (χ0v) is 11.1. The molecule has 0 unspecified atom stereocenters. The predicted molar refractivity (Wildman–Crippen MR) is 72.3 cm³/mol. The minimum Gasteiger partial charge on any atom is -0.377 e. The molecule has 1 fully saturated rings. The van der Waals surface area contributed by atoms with Crippen molar-refractivity contribution in [1.82, 2.24) is 9.88 Å². The Morgan fingerprint density at radius 2 is 2.17 bits per heavy atom. The lowest BCUT2D eigenvalue weighted by Crippen LogP contribution is -2.37. The van der Waals surface area contributed by atoms with Crippen molar-refractivity contribution in [3.05, 3.63) is 29.6 Å². The van der Waals surface area contributed by atoms with Crippen LogP contribution in [0.2, 0.25) is 0 Å². The number of ether oxygens (including phenoxy) is 1. The molecule has 0 saturated carbocycles. The third-order valence-corrected chi connectivity index (χ3v) is 3.34. The van der Waals surface area contributed by atoms with Gasteiger partial charge >= 0.3 is 0 Å². The largest absolute Gasteiger partial charge is 0.377 e. The monoisotopic (exact) mass is 249 g/mol. The maximum atomic E-state index is 5.69. The quantitative estimate of drug-likeness (QED) is 0.855. The fraction of sp³-hybridized carbons (Fsp3) is 0.643. The first kappa shape index (κ1) is 13.5. The average Bonchev–Trinajstić information content (AvgIpc) is 2.38. The molecule has 0 spiro atoms. The van der Waals surface area contributed by atoms with Gasteiger partial charge in [-0.1, -0.05) is 6.07 Å². The number of likely N-dealkylation sites (tertiary alicyclic amines) is 1. The molecule has 4 nitrogen and oxygen atoms in total. The molecule has 1 aromatic rings. The highest BCUT2D eigenvalue weighted by molar-refractivity contribution is 5.16. The molecule has 100 valence electrons. The van der Waals surface area contributed by atoms with Gasteiger partial charge in [-0.3, -0.25) is 9.88 Å². The maximum absolute atomic E-state index is 5.69. The van der Waals surface area contributed by atoms with Gasteiger partial charge in [-0.05, 0) is 30.9 Å². The lowest BCUT2D eigenvalue weighted by molar-refractivity contribution is 0.00977. The van der Waals surface area contributed by atoms with E-state index in [9.17, 15) is 0 Å². The third-order valence-electron chi connectivity index (χ3n) is 3.34. The number of pyridine rings is 1. The van der Waals surface area contributed by atoms with Crippen LogP contribution in [-0.4, -0.2) is 42.2 Å². The van der Waals surface area contributed by atoms with E-state index in [4.69, 9.17) is 10.5 Å². The zero-order chi connectivity index (χ0) is 12.8. The fourth-order valence-corrected chi connectivity index (χ4v) is 2.43. The molecule has 0 amide bonds. The summed E-state index contributed by atoms with van der Waals surface area (Å²) in [4.78, 5) is 6.71. The van der Waals surface area contributed by atoms with E-state index < -0.39 is 0 Å². The van der Waals surface area contributed by atoms with Crippen LogP contribution in [0.25, 0.3) is 0 Å². The summed E-state index contributed by atoms with van der Waals surface area (Å²) in [6.45, 7) is 6.59. The van der Waals surface area contributed by atoms with Gasteiger partial charge in [-0.15, -0.1) is 0 Å². The van der Waals surface area contributed by atoms with Gasteiger partial charge in [0, 0.05) is 38.6 Å². The van der Waals surface area contributed by atoms with Crippen molar-refractivity contribution in [2.24, 2.45) is 5.73 Å². The molecule has 1 saturated heterocycles. The number of aryl methyl sites for hydroxylation is 1. The molecule has 1 aromatic heterocycles. The van der Waals surface area contributed by atoms with Gasteiger partial charge in [0.25, 0.3) is 0 Å². The Kier molecular flexibility index (Phi) is 5.11. The van der Waals surface area contributed by atoms with E-state index in [2.05, 4.69) is 22.9 Å². The van der Waals surface area contributed by atoms with Gasteiger partial charge in [0.2, 0.25) is 0 Å². The average molecular weight is 249 g/mol. The van der Waals surface area contributed by atoms with Crippen molar-refractivity contribution in [2.75, 3.05) is 26.2 Å². The minimum atomic E-state index is 0.403. The normalized spacial score (nSPS) is 18.1. The number of rotatable bonds is 5. The molecule has 4 heteroatoms. The van der Waals surface area contributed by atoms with E-state index in [1.807, 2.05) is 12.4 Å². The van der Waals surface area contributed by atoms with Crippen molar-refractivity contribution < 1.29 is 4.74 Å². The van der Waals surface area contributed by atoms with E-state index >= 15 is 0 Å². The molecule has 18 heavy (non-hydrogen) atoms. The van der Waals surface area contributed by atoms with Crippen LogP contribution >= 0.6 is 0 Å². The Labute approximate surface area is 109 Å². The van der Waals surface area contributed by atoms with Crippen molar-refractivity contribution in [3.63, 3.8) is 0 Å². The predicted octanol–water partition coefficient (Wildman–Crippen LogP) is 1.33. The second-order valence-corrected chi connectivity index (χ2v) is 5.01. The van der Waals surface area contributed by atoms with Crippen LogP contribution in [0.5, 0.6) is 0 Å². The molecule has 0 bridgehead atoms. The highest BCUT2D eigenvalue weighted by Crippen LogP contribution is 2.16. The van der Waals surface area contributed by atoms with Gasteiger partial charge in [-0.25, -0.2) is 0 Å².